The molecular formula is C12H14ClN3. The molecule has 3 rings (SSSR count). The lowest BCUT2D eigenvalue weighted by Gasteiger charge is -2.11. The number of aryl methyl sites for hydroxylation is 1. The standard InChI is InChI=1S/C12H13N3.ClH/c13-10-7-14-15(8-10)12-6-5-9-3-1-2-4-11(9)12;/h1-4,7-8,12H,5-6,13H2;1H. The fourth-order valence-corrected chi connectivity index (χ4v) is 2.33. The Kier molecular flexibility index (Phi) is 2.88. The average molecular weight is 236 g/mol. The first kappa shape index (κ1) is 11.0. The smallest absolute Gasteiger partial charge is 0.0775 e. The molecule has 3 nitrogen and oxygen atoms in total. The summed E-state index contributed by atoms with van der Waals surface area (Å²) in [5.41, 5.74) is 9.25. The summed E-state index contributed by atoms with van der Waals surface area (Å²) in [5.74, 6) is 0. The van der Waals surface area contributed by atoms with E-state index < -0.39 is 0 Å². The second-order valence-corrected chi connectivity index (χ2v) is 4.01. The van der Waals surface area contributed by atoms with Crippen LogP contribution in [-0.2, 0) is 6.42 Å². The minimum Gasteiger partial charge on any atom is -0.396 e. The Balaban J connectivity index is 0.000000963. The molecule has 0 amide bonds. The number of nitrogens with zero attached hydrogens (tertiary/aromatic N) is 2. The van der Waals surface area contributed by atoms with Gasteiger partial charge in [0.05, 0.1) is 17.9 Å². The zero-order valence-corrected chi connectivity index (χ0v) is 9.65. The Hall–Kier alpha value is -1.48. The van der Waals surface area contributed by atoms with Gasteiger partial charge in [-0.05, 0) is 24.0 Å². The van der Waals surface area contributed by atoms with Crippen molar-refractivity contribution in [2.24, 2.45) is 0 Å². The average Bonchev–Trinajstić information content (AvgIpc) is 2.83. The minimum atomic E-state index is 0. The first-order chi connectivity index (χ1) is 7.34. The van der Waals surface area contributed by atoms with E-state index in [1.807, 2.05) is 10.9 Å². The zero-order chi connectivity index (χ0) is 10.3. The number of hydrogen-bond acceptors (Lipinski definition) is 2. The van der Waals surface area contributed by atoms with Gasteiger partial charge < -0.3 is 5.73 Å². The molecule has 4 heteroatoms. The van der Waals surface area contributed by atoms with Gasteiger partial charge in [-0.1, -0.05) is 24.3 Å². The van der Waals surface area contributed by atoms with Gasteiger partial charge in [0.2, 0.25) is 0 Å². The maximum atomic E-state index is 5.68. The quantitative estimate of drug-likeness (QED) is 0.825. The molecule has 0 bridgehead atoms. The highest BCUT2D eigenvalue weighted by atomic mass is 35.5. The van der Waals surface area contributed by atoms with Crippen LogP contribution in [0.3, 0.4) is 0 Å². The first-order valence-electron chi connectivity index (χ1n) is 5.22. The van der Waals surface area contributed by atoms with Gasteiger partial charge in [-0.25, -0.2) is 0 Å². The molecule has 1 aliphatic carbocycles. The van der Waals surface area contributed by atoms with E-state index in [0.717, 1.165) is 18.5 Å². The Labute approximate surface area is 101 Å². The van der Waals surface area contributed by atoms with Crippen LogP contribution in [0.1, 0.15) is 23.6 Å². The molecule has 2 N–H and O–H groups in total. The van der Waals surface area contributed by atoms with Gasteiger partial charge in [0.25, 0.3) is 0 Å². The molecule has 84 valence electrons. The van der Waals surface area contributed by atoms with Crippen molar-refractivity contribution < 1.29 is 0 Å². The van der Waals surface area contributed by atoms with Gasteiger partial charge in [-0.15, -0.1) is 12.4 Å². The van der Waals surface area contributed by atoms with E-state index in [4.69, 9.17) is 5.73 Å². The number of rotatable bonds is 1. The van der Waals surface area contributed by atoms with Crippen LogP contribution in [0.5, 0.6) is 0 Å². The van der Waals surface area contributed by atoms with Gasteiger partial charge in [-0.2, -0.15) is 5.10 Å². The van der Waals surface area contributed by atoms with Gasteiger partial charge in [0.15, 0.2) is 0 Å². The van der Waals surface area contributed by atoms with Crippen molar-refractivity contribution in [1.82, 2.24) is 9.78 Å². The largest absolute Gasteiger partial charge is 0.396 e. The summed E-state index contributed by atoms with van der Waals surface area (Å²) < 4.78 is 1.97. The number of aromatic nitrogens is 2. The van der Waals surface area contributed by atoms with Crippen LogP contribution in [0, 0.1) is 0 Å². The van der Waals surface area contributed by atoms with Crippen LogP contribution in [-0.4, -0.2) is 9.78 Å². The monoisotopic (exact) mass is 235 g/mol. The molecule has 0 aliphatic heterocycles. The molecule has 0 saturated carbocycles. The van der Waals surface area contributed by atoms with Gasteiger partial charge in [0.1, 0.15) is 0 Å². The predicted octanol–water partition coefficient (Wildman–Crippen LogP) is 2.42. The molecule has 1 unspecified atom stereocenters. The lowest BCUT2D eigenvalue weighted by Crippen LogP contribution is -2.07. The van der Waals surface area contributed by atoms with E-state index in [-0.39, 0.29) is 12.4 Å². The van der Waals surface area contributed by atoms with Crippen LogP contribution in [0.15, 0.2) is 36.7 Å². The molecule has 16 heavy (non-hydrogen) atoms. The normalized spacial score (nSPS) is 17.9. The van der Waals surface area contributed by atoms with Crippen molar-refractivity contribution in [3.63, 3.8) is 0 Å². The molecule has 0 saturated heterocycles. The van der Waals surface area contributed by atoms with Crippen molar-refractivity contribution in [2.45, 2.75) is 18.9 Å². The number of nitrogen functional groups attached to an aromatic ring is 1. The minimum absolute atomic E-state index is 0. The third-order valence-corrected chi connectivity index (χ3v) is 3.04. The highest BCUT2D eigenvalue weighted by molar-refractivity contribution is 5.85. The number of benzene rings is 1. The van der Waals surface area contributed by atoms with Crippen LogP contribution in [0.2, 0.25) is 0 Å². The van der Waals surface area contributed by atoms with Crippen LogP contribution < -0.4 is 5.73 Å². The van der Waals surface area contributed by atoms with Crippen LogP contribution in [0.25, 0.3) is 0 Å². The topological polar surface area (TPSA) is 43.8 Å². The highest BCUT2D eigenvalue weighted by Gasteiger charge is 2.23. The molecular weight excluding hydrogens is 222 g/mol. The Morgan fingerprint density at radius 3 is 2.88 bits per heavy atom. The third kappa shape index (κ3) is 1.67. The Bertz CT molecular complexity index is 493. The summed E-state index contributed by atoms with van der Waals surface area (Å²) in [6.07, 6.45) is 5.88. The van der Waals surface area contributed by atoms with Crippen molar-refractivity contribution in [3.05, 3.63) is 47.8 Å². The number of halogens is 1. The third-order valence-electron chi connectivity index (χ3n) is 3.04. The predicted molar refractivity (Wildman–Crippen MR) is 66.8 cm³/mol. The molecule has 1 aliphatic rings. The number of fused-ring (bicyclic) bond motifs is 1. The molecule has 1 atom stereocenters. The highest BCUT2D eigenvalue weighted by Crippen LogP contribution is 2.33. The number of nitrogens with two attached hydrogens (primary N) is 1. The van der Waals surface area contributed by atoms with E-state index in [1.54, 1.807) is 6.20 Å². The molecule has 0 radical (unpaired) electrons. The fourth-order valence-electron chi connectivity index (χ4n) is 2.33. The van der Waals surface area contributed by atoms with Crippen molar-refractivity contribution in [1.29, 1.82) is 0 Å². The second kappa shape index (κ2) is 4.18. The van der Waals surface area contributed by atoms with E-state index in [0.29, 0.717) is 6.04 Å². The summed E-state index contributed by atoms with van der Waals surface area (Å²) in [6, 6.07) is 8.94. The van der Waals surface area contributed by atoms with Crippen LogP contribution >= 0.6 is 12.4 Å². The van der Waals surface area contributed by atoms with E-state index in [9.17, 15) is 0 Å². The maximum Gasteiger partial charge on any atom is 0.0775 e. The van der Waals surface area contributed by atoms with E-state index in [2.05, 4.69) is 29.4 Å². The molecule has 0 fully saturated rings. The first-order valence-corrected chi connectivity index (χ1v) is 5.22. The summed E-state index contributed by atoms with van der Waals surface area (Å²) >= 11 is 0. The lowest BCUT2D eigenvalue weighted by molar-refractivity contribution is 0.520. The maximum absolute atomic E-state index is 5.68. The van der Waals surface area contributed by atoms with E-state index in [1.165, 1.54) is 11.1 Å². The van der Waals surface area contributed by atoms with Crippen molar-refractivity contribution in [3.8, 4) is 0 Å². The molecule has 1 aromatic carbocycles. The lowest BCUT2D eigenvalue weighted by atomic mass is 10.1. The van der Waals surface area contributed by atoms with Gasteiger partial charge >= 0.3 is 0 Å². The fraction of sp³-hybridized carbons (Fsp3) is 0.250. The van der Waals surface area contributed by atoms with Crippen molar-refractivity contribution in [2.75, 3.05) is 5.73 Å². The molecule has 0 spiro atoms. The Morgan fingerprint density at radius 2 is 2.12 bits per heavy atom. The molecule has 2 aromatic rings. The summed E-state index contributed by atoms with van der Waals surface area (Å²) in [4.78, 5) is 0. The van der Waals surface area contributed by atoms with Gasteiger partial charge in [0, 0.05) is 6.20 Å². The Morgan fingerprint density at radius 1 is 1.31 bits per heavy atom. The second-order valence-electron chi connectivity index (χ2n) is 4.01. The SMILES string of the molecule is Cl.Nc1cnn(C2CCc3ccccc32)c1. The molecule has 1 heterocycles. The summed E-state index contributed by atoms with van der Waals surface area (Å²) in [7, 11) is 0. The zero-order valence-electron chi connectivity index (χ0n) is 8.84. The summed E-state index contributed by atoms with van der Waals surface area (Å²) in [5, 5.41) is 4.29. The van der Waals surface area contributed by atoms with Crippen molar-refractivity contribution >= 4 is 18.1 Å². The number of hydrogen-bond donors (Lipinski definition) is 1. The number of anilines is 1. The van der Waals surface area contributed by atoms with E-state index >= 15 is 0 Å². The summed E-state index contributed by atoms with van der Waals surface area (Å²) in [6.45, 7) is 0. The molecule has 1 aromatic heterocycles. The van der Waals surface area contributed by atoms with Crippen LogP contribution in [0.4, 0.5) is 5.69 Å². The van der Waals surface area contributed by atoms with Gasteiger partial charge in [-0.3, -0.25) is 4.68 Å².